The Balaban J connectivity index is 1.50. The Kier molecular flexibility index (Phi) is 4.58. The number of carbonyl (C=O) groups is 1. The fraction of sp³-hybridized carbons (Fsp3) is 0.667. The number of aromatic nitrogens is 2. The van der Waals surface area contributed by atoms with E-state index < -0.39 is 0 Å². The molecule has 2 aliphatic rings. The second-order valence-corrected chi connectivity index (χ2v) is 6.46. The van der Waals surface area contributed by atoms with E-state index in [1.165, 1.54) is 6.42 Å². The number of nitrogens with zero attached hydrogens (tertiary/aromatic N) is 3. The van der Waals surface area contributed by atoms with Gasteiger partial charge in [-0.05, 0) is 31.6 Å². The van der Waals surface area contributed by atoms with Gasteiger partial charge in [0.15, 0.2) is 0 Å². The highest BCUT2D eigenvalue weighted by atomic mass is 35.5. The zero-order valence-electron chi connectivity index (χ0n) is 12.1. The van der Waals surface area contributed by atoms with Gasteiger partial charge < -0.3 is 10.2 Å². The first-order valence-corrected chi connectivity index (χ1v) is 8.10. The maximum atomic E-state index is 11.9. The average Bonchev–Trinajstić information content (AvgIpc) is 2.44. The molecule has 1 aromatic rings. The van der Waals surface area contributed by atoms with Gasteiger partial charge in [0.05, 0.1) is 17.4 Å². The van der Waals surface area contributed by atoms with E-state index in [2.05, 4.69) is 20.2 Å². The number of hydrogen-bond donors (Lipinski definition) is 1. The van der Waals surface area contributed by atoms with Crippen LogP contribution in [0.5, 0.6) is 0 Å². The molecule has 21 heavy (non-hydrogen) atoms. The minimum absolute atomic E-state index is 0.237. The van der Waals surface area contributed by atoms with Gasteiger partial charge >= 0.3 is 0 Å². The van der Waals surface area contributed by atoms with Crippen LogP contribution >= 0.6 is 11.6 Å². The quantitative estimate of drug-likeness (QED) is 0.927. The summed E-state index contributed by atoms with van der Waals surface area (Å²) in [6, 6.07) is 0. The van der Waals surface area contributed by atoms with Crippen LogP contribution in [0.25, 0.3) is 0 Å². The van der Waals surface area contributed by atoms with Crippen LogP contribution < -0.4 is 10.2 Å². The average molecular weight is 309 g/mol. The molecule has 5 nitrogen and oxygen atoms in total. The first kappa shape index (κ1) is 14.6. The van der Waals surface area contributed by atoms with Crippen LogP contribution in [0.2, 0.25) is 5.02 Å². The predicted molar refractivity (Wildman–Crippen MR) is 82.3 cm³/mol. The van der Waals surface area contributed by atoms with Gasteiger partial charge in [0.25, 0.3) is 0 Å². The molecule has 1 unspecified atom stereocenters. The van der Waals surface area contributed by atoms with Crippen molar-refractivity contribution in [1.29, 1.82) is 0 Å². The molecular formula is C15H21ClN4O. The summed E-state index contributed by atoms with van der Waals surface area (Å²) in [6.07, 6.45) is 8.83. The van der Waals surface area contributed by atoms with Crippen molar-refractivity contribution in [2.45, 2.75) is 32.1 Å². The molecular weight excluding hydrogens is 288 g/mol. The predicted octanol–water partition coefficient (Wildman–Crippen LogP) is 2.26. The van der Waals surface area contributed by atoms with Crippen LogP contribution in [0.4, 0.5) is 5.95 Å². The Hall–Kier alpha value is -1.36. The Morgan fingerprint density at radius 3 is 2.71 bits per heavy atom. The second-order valence-electron chi connectivity index (χ2n) is 6.03. The van der Waals surface area contributed by atoms with E-state index in [1.807, 2.05) is 0 Å². The summed E-state index contributed by atoms with van der Waals surface area (Å²) in [4.78, 5) is 22.6. The lowest BCUT2D eigenvalue weighted by atomic mass is 9.84. The highest BCUT2D eigenvalue weighted by Gasteiger charge is 2.27. The van der Waals surface area contributed by atoms with E-state index in [4.69, 9.17) is 11.6 Å². The van der Waals surface area contributed by atoms with Gasteiger partial charge in [-0.1, -0.05) is 18.0 Å². The number of amides is 1. The fourth-order valence-electron chi connectivity index (χ4n) is 2.94. The van der Waals surface area contributed by atoms with E-state index >= 15 is 0 Å². The standard InChI is InChI=1S/C15H21ClN4O/c16-13-8-18-15(19-9-13)20-6-2-3-11(10-20)7-17-14(21)12-4-1-5-12/h8-9,11-12H,1-7,10H2,(H,17,21). The maximum absolute atomic E-state index is 11.9. The molecule has 2 fully saturated rings. The van der Waals surface area contributed by atoms with Crippen LogP contribution in [-0.2, 0) is 4.79 Å². The summed E-state index contributed by atoms with van der Waals surface area (Å²) in [5.74, 6) is 1.71. The van der Waals surface area contributed by atoms with Crippen molar-refractivity contribution in [3.63, 3.8) is 0 Å². The Bertz CT molecular complexity index is 489. The molecule has 6 heteroatoms. The zero-order valence-corrected chi connectivity index (χ0v) is 12.9. The number of rotatable bonds is 4. The molecule has 1 saturated heterocycles. The number of halogens is 1. The van der Waals surface area contributed by atoms with Crippen LogP contribution in [0.15, 0.2) is 12.4 Å². The van der Waals surface area contributed by atoms with E-state index in [1.54, 1.807) is 12.4 Å². The van der Waals surface area contributed by atoms with Gasteiger partial charge in [-0.25, -0.2) is 9.97 Å². The molecule has 0 radical (unpaired) electrons. The summed E-state index contributed by atoms with van der Waals surface area (Å²) in [5, 5.41) is 3.66. The summed E-state index contributed by atoms with van der Waals surface area (Å²) in [7, 11) is 0. The molecule has 1 saturated carbocycles. The first-order chi connectivity index (χ1) is 10.2. The van der Waals surface area contributed by atoms with E-state index in [-0.39, 0.29) is 11.8 Å². The normalized spacial score (nSPS) is 22.7. The number of hydrogen-bond acceptors (Lipinski definition) is 4. The lowest BCUT2D eigenvalue weighted by molar-refractivity contribution is -0.127. The molecule has 1 atom stereocenters. The third-order valence-corrected chi connectivity index (χ3v) is 4.64. The highest BCUT2D eigenvalue weighted by Crippen LogP contribution is 2.26. The molecule has 114 valence electrons. The zero-order chi connectivity index (χ0) is 14.7. The number of nitrogens with one attached hydrogen (secondary N) is 1. The van der Waals surface area contributed by atoms with Gasteiger partial charge in [-0.3, -0.25) is 4.79 Å². The van der Waals surface area contributed by atoms with Crippen molar-refractivity contribution in [3.8, 4) is 0 Å². The van der Waals surface area contributed by atoms with Crippen LogP contribution in [-0.4, -0.2) is 35.5 Å². The molecule has 0 spiro atoms. The maximum Gasteiger partial charge on any atom is 0.225 e. The van der Waals surface area contributed by atoms with E-state index in [9.17, 15) is 4.79 Å². The Morgan fingerprint density at radius 1 is 1.29 bits per heavy atom. The monoisotopic (exact) mass is 308 g/mol. The van der Waals surface area contributed by atoms with Crippen LogP contribution in [0.3, 0.4) is 0 Å². The Morgan fingerprint density at radius 2 is 2.05 bits per heavy atom. The summed E-state index contributed by atoms with van der Waals surface area (Å²) in [6.45, 7) is 2.63. The first-order valence-electron chi connectivity index (χ1n) is 7.72. The highest BCUT2D eigenvalue weighted by molar-refractivity contribution is 6.30. The molecule has 1 aliphatic heterocycles. The molecule has 1 aromatic heterocycles. The third-order valence-electron chi connectivity index (χ3n) is 4.45. The number of piperidine rings is 1. The molecule has 1 amide bonds. The van der Waals surface area contributed by atoms with Gasteiger partial charge in [0.2, 0.25) is 11.9 Å². The summed E-state index contributed by atoms with van der Waals surface area (Å²) in [5.41, 5.74) is 0. The van der Waals surface area contributed by atoms with Gasteiger partial charge in [-0.2, -0.15) is 0 Å². The molecule has 1 N–H and O–H groups in total. The molecule has 0 aromatic carbocycles. The van der Waals surface area contributed by atoms with Gasteiger partial charge in [0.1, 0.15) is 0 Å². The van der Waals surface area contributed by atoms with Crippen LogP contribution in [0.1, 0.15) is 32.1 Å². The minimum atomic E-state index is 0.237. The molecule has 2 heterocycles. The molecule has 0 bridgehead atoms. The van der Waals surface area contributed by atoms with Crippen LogP contribution in [0, 0.1) is 11.8 Å². The smallest absolute Gasteiger partial charge is 0.225 e. The Labute approximate surface area is 130 Å². The second kappa shape index (κ2) is 6.60. The fourth-order valence-corrected chi connectivity index (χ4v) is 3.04. The number of anilines is 1. The molecule has 1 aliphatic carbocycles. The van der Waals surface area contributed by atoms with Gasteiger partial charge in [0, 0.05) is 25.6 Å². The van der Waals surface area contributed by atoms with Crippen molar-refractivity contribution in [3.05, 3.63) is 17.4 Å². The molecule has 3 rings (SSSR count). The lowest BCUT2D eigenvalue weighted by Gasteiger charge is -2.33. The van der Waals surface area contributed by atoms with Gasteiger partial charge in [-0.15, -0.1) is 0 Å². The topological polar surface area (TPSA) is 58.1 Å². The largest absolute Gasteiger partial charge is 0.356 e. The summed E-state index contributed by atoms with van der Waals surface area (Å²) < 4.78 is 0. The minimum Gasteiger partial charge on any atom is -0.356 e. The van der Waals surface area contributed by atoms with Crippen molar-refractivity contribution < 1.29 is 4.79 Å². The van der Waals surface area contributed by atoms with Crippen molar-refractivity contribution in [2.75, 3.05) is 24.5 Å². The lowest BCUT2D eigenvalue weighted by Crippen LogP contribution is -2.43. The van der Waals surface area contributed by atoms with Crippen molar-refractivity contribution in [2.24, 2.45) is 11.8 Å². The van der Waals surface area contributed by atoms with Crippen molar-refractivity contribution in [1.82, 2.24) is 15.3 Å². The summed E-state index contributed by atoms with van der Waals surface area (Å²) >= 11 is 5.82. The van der Waals surface area contributed by atoms with Crippen molar-refractivity contribution >= 4 is 23.5 Å². The van der Waals surface area contributed by atoms with E-state index in [0.717, 1.165) is 51.3 Å². The third kappa shape index (κ3) is 3.64. The number of carbonyl (C=O) groups excluding carboxylic acids is 1. The van der Waals surface area contributed by atoms with E-state index in [0.29, 0.717) is 10.9 Å². The SMILES string of the molecule is O=C(NCC1CCCN(c2ncc(Cl)cn2)C1)C1CCC1.